The Hall–Kier alpha value is -2.73. The molecule has 2 aromatic rings. The highest BCUT2D eigenvalue weighted by Gasteiger charge is 2.15. The number of rotatable bonds is 7. The Morgan fingerprint density at radius 2 is 1.76 bits per heavy atom. The van der Waals surface area contributed by atoms with E-state index in [1.165, 1.54) is 0 Å². The van der Waals surface area contributed by atoms with Crippen LogP contribution in [0.2, 0.25) is 0 Å². The Morgan fingerprint density at radius 1 is 1.00 bits per heavy atom. The number of anilines is 1. The SMILES string of the molecule is Cc1ccc(C(=O)CCC(=O)NCc2ccc(N3CCN(C)CC3)nc2)cc1C. The van der Waals surface area contributed by atoms with Gasteiger partial charge in [-0.3, -0.25) is 9.59 Å². The second kappa shape index (κ2) is 9.65. The first kappa shape index (κ1) is 21.0. The van der Waals surface area contributed by atoms with Crippen LogP contribution in [0.15, 0.2) is 36.5 Å². The molecule has 154 valence electrons. The quantitative estimate of drug-likeness (QED) is 0.732. The summed E-state index contributed by atoms with van der Waals surface area (Å²) in [7, 11) is 2.13. The molecule has 3 rings (SSSR count). The van der Waals surface area contributed by atoms with Gasteiger partial charge in [-0.2, -0.15) is 0 Å². The van der Waals surface area contributed by atoms with E-state index >= 15 is 0 Å². The minimum absolute atomic E-state index is 0.00134. The summed E-state index contributed by atoms with van der Waals surface area (Å²) in [6.07, 6.45) is 2.22. The van der Waals surface area contributed by atoms with E-state index in [1.807, 2.05) is 50.4 Å². The second-order valence-electron chi connectivity index (χ2n) is 7.81. The highest BCUT2D eigenvalue weighted by atomic mass is 16.2. The molecule has 1 aliphatic rings. The van der Waals surface area contributed by atoms with Gasteiger partial charge in [-0.1, -0.05) is 18.2 Å². The van der Waals surface area contributed by atoms with E-state index in [0.29, 0.717) is 12.1 Å². The molecule has 1 fully saturated rings. The molecule has 0 saturated carbocycles. The van der Waals surface area contributed by atoms with Gasteiger partial charge in [0.25, 0.3) is 0 Å². The largest absolute Gasteiger partial charge is 0.354 e. The first-order chi connectivity index (χ1) is 13.9. The molecule has 1 aromatic carbocycles. The molecule has 1 saturated heterocycles. The minimum Gasteiger partial charge on any atom is -0.354 e. The molecule has 1 aromatic heterocycles. The second-order valence-corrected chi connectivity index (χ2v) is 7.81. The average molecular weight is 395 g/mol. The van der Waals surface area contributed by atoms with Crippen molar-refractivity contribution in [2.24, 2.45) is 0 Å². The number of Topliss-reactive ketones (excluding diaryl/α,β-unsaturated/α-hetero) is 1. The molecule has 0 spiro atoms. The summed E-state index contributed by atoms with van der Waals surface area (Å²) in [5.74, 6) is 0.860. The summed E-state index contributed by atoms with van der Waals surface area (Å²) < 4.78 is 0. The van der Waals surface area contributed by atoms with Crippen LogP contribution in [0.3, 0.4) is 0 Å². The van der Waals surface area contributed by atoms with Gasteiger partial charge >= 0.3 is 0 Å². The van der Waals surface area contributed by atoms with Crippen molar-refractivity contribution >= 4 is 17.5 Å². The number of pyridine rings is 1. The van der Waals surface area contributed by atoms with Crippen molar-refractivity contribution in [3.8, 4) is 0 Å². The topological polar surface area (TPSA) is 65.5 Å². The number of nitrogens with one attached hydrogen (secondary N) is 1. The summed E-state index contributed by atoms with van der Waals surface area (Å²) in [5.41, 5.74) is 3.88. The summed E-state index contributed by atoms with van der Waals surface area (Å²) in [6, 6.07) is 9.68. The number of piperazine rings is 1. The van der Waals surface area contributed by atoms with Gasteiger partial charge in [0, 0.05) is 57.3 Å². The van der Waals surface area contributed by atoms with Crippen LogP contribution in [0, 0.1) is 13.8 Å². The smallest absolute Gasteiger partial charge is 0.220 e. The number of carbonyl (C=O) groups excluding carboxylic acids is 2. The van der Waals surface area contributed by atoms with Gasteiger partial charge in [0.05, 0.1) is 0 Å². The van der Waals surface area contributed by atoms with Gasteiger partial charge in [-0.05, 0) is 49.7 Å². The van der Waals surface area contributed by atoms with E-state index in [2.05, 4.69) is 27.1 Å². The summed E-state index contributed by atoms with van der Waals surface area (Å²) in [5, 5.41) is 2.88. The number of benzene rings is 1. The monoisotopic (exact) mass is 394 g/mol. The number of hydrogen-bond acceptors (Lipinski definition) is 5. The lowest BCUT2D eigenvalue weighted by Gasteiger charge is -2.33. The maximum absolute atomic E-state index is 12.3. The zero-order valence-corrected chi connectivity index (χ0v) is 17.6. The number of likely N-dealkylation sites (N-methyl/N-ethyl adjacent to an activating group) is 1. The fraction of sp³-hybridized carbons (Fsp3) is 0.435. The number of nitrogens with zero attached hydrogens (tertiary/aromatic N) is 3. The zero-order chi connectivity index (χ0) is 20.8. The van der Waals surface area contributed by atoms with Gasteiger partial charge in [0.1, 0.15) is 5.82 Å². The molecule has 0 atom stereocenters. The van der Waals surface area contributed by atoms with Crippen LogP contribution in [-0.4, -0.2) is 54.8 Å². The van der Waals surface area contributed by atoms with Crippen molar-refractivity contribution in [1.29, 1.82) is 0 Å². The van der Waals surface area contributed by atoms with E-state index in [1.54, 1.807) is 0 Å². The summed E-state index contributed by atoms with van der Waals surface area (Å²) in [4.78, 5) is 33.5. The molecule has 29 heavy (non-hydrogen) atoms. The number of ketones is 1. The Bertz CT molecular complexity index is 856. The lowest BCUT2D eigenvalue weighted by Crippen LogP contribution is -2.44. The molecule has 0 bridgehead atoms. The molecule has 0 unspecified atom stereocenters. The summed E-state index contributed by atoms with van der Waals surface area (Å²) >= 11 is 0. The van der Waals surface area contributed by atoms with Crippen LogP contribution in [0.1, 0.15) is 39.9 Å². The molecule has 6 heteroatoms. The molecule has 2 heterocycles. The first-order valence-corrected chi connectivity index (χ1v) is 10.2. The molecular weight excluding hydrogens is 364 g/mol. The predicted molar refractivity (Wildman–Crippen MR) is 115 cm³/mol. The van der Waals surface area contributed by atoms with Crippen molar-refractivity contribution in [3.05, 3.63) is 58.8 Å². The Balaban J connectivity index is 1.43. The van der Waals surface area contributed by atoms with Crippen molar-refractivity contribution in [1.82, 2.24) is 15.2 Å². The highest BCUT2D eigenvalue weighted by molar-refractivity contribution is 5.98. The van der Waals surface area contributed by atoms with Crippen LogP contribution in [0.25, 0.3) is 0 Å². The van der Waals surface area contributed by atoms with Gasteiger partial charge in [0.2, 0.25) is 5.91 Å². The Kier molecular flexibility index (Phi) is 6.99. The standard InChI is InChI=1S/C23H30N4O2/c1-17-4-6-20(14-18(17)2)21(28)7-9-23(29)25-16-19-5-8-22(24-15-19)27-12-10-26(3)11-13-27/h4-6,8,14-15H,7,9-13,16H2,1-3H3,(H,25,29). The van der Waals surface area contributed by atoms with Crippen LogP contribution < -0.4 is 10.2 Å². The van der Waals surface area contributed by atoms with Crippen LogP contribution in [0.4, 0.5) is 5.82 Å². The average Bonchev–Trinajstić information content (AvgIpc) is 2.73. The number of aryl methyl sites for hydroxylation is 2. The number of hydrogen-bond donors (Lipinski definition) is 1. The lowest BCUT2D eigenvalue weighted by molar-refractivity contribution is -0.121. The summed E-state index contributed by atoms with van der Waals surface area (Å²) in [6.45, 7) is 8.47. The van der Waals surface area contributed by atoms with Crippen molar-refractivity contribution in [2.45, 2.75) is 33.2 Å². The minimum atomic E-state index is -0.120. The van der Waals surface area contributed by atoms with Gasteiger partial charge in [-0.25, -0.2) is 4.98 Å². The van der Waals surface area contributed by atoms with E-state index in [9.17, 15) is 9.59 Å². The number of amides is 1. The fourth-order valence-corrected chi connectivity index (χ4v) is 3.32. The fourth-order valence-electron chi connectivity index (χ4n) is 3.32. The third-order valence-electron chi connectivity index (χ3n) is 5.53. The van der Waals surface area contributed by atoms with E-state index in [0.717, 1.165) is 48.7 Å². The third-order valence-corrected chi connectivity index (χ3v) is 5.53. The first-order valence-electron chi connectivity index (χ1n) is 10.2. The van der Waals surface area contributed by atoms with Gasteiger partial charge < -0.3 is 15.1 Å². The third kappa shape index (κ3) is 5.87. The maximum Gasteiger partial charge on any atom is 0.220 e. The van der Waals surface area contributed by atoms with E-state index in [4.69, 9.17) is 0 Å². The van der Waals surface area contributed by atoms with E-state index < -0.39 is 0 Å². The van der Waals surface area contributed by atoms with Crippen LogP contribution in [-0.2, 0) is 11.3 Å². The molecule has 6 nitrogen and oxygen atoms in total. The van der Waals surface area contributed by atoms with Crippen molar-refractivity contribution in [2.75, 3.05) is 38.1 Å². The molecule has 1 N–H and O–H groups in total. The Morgan fingerprint density at radius 3 is 2.41 bits per heavy atom. The van der Waals surface area contributed by atoms with Crippen molar-refractivity contribution in [3.63, 3.8) is 0 Å². The predicted octanol–water partition coefficient (Wildman–Crippen LogP) is 2.73. The van der Waals surface area contributed by atoms with Crippen molar-refractivity contribution < 1.29 is 9.59 Å². The van der Waals surface area contributed by atoms with Crippen LogP contribution in [0.5, 0.6) is 0 Å². The zero-order valence-electron chi connectivity index (χ0n) is 17.6. The molecule has 1 aliphatic heterocycles. The normalized spacial score (nSPS) is 14.7. The molecule has 1 amide bonds. The van der Waals surface area contributed by atoms with E-state index in [-0.39, 0.29) is 24.5 Å². The lowest BCUT2D eigenvalue weighted by atomic mass is 10.0. The van der Waals surface area contributed by atoms with Crippen LogP contribution >= 0.6 is 0 Å². The Labute approximate surface area is 172 Å². The molecule has 0 radical (unpaired) electrons. The van der Waals surface area contributed by atoms with Gasteiger partial charge in [0.15, 0.2) is 5.78 Å². The number of aromatic nitrogens is 1. The number of carbonyl (C=O) groups is 2. The highest BCUT2D eigenvalue weighted by Crippen LogP contribution is 2.14. The molecular formula is C23H30N4O2. The maximum atomic E-state index is 12.3. The molecule has 0 aliphatic carbocycles. The van der Waals surface area contributed by atoms with Gasteiger partial charge in [-0.15, -0.1) is 0 Å².